The van der Waals surface area contributed by atoms with Crippen molar-refractivity contribution in [3.8, 4) is 17.1 Å². The Kier molecular flexibility index (Phi) is 5.94. The van der Waals surface area contributed by atoms with Crippen molar-refractivity contribution in [1.82, 2.24) is 30.1 Å². The smallest absolute Gasteiger partial charge is 0.232 e. The molecule has 0 amide bonds. The summed E-state index contributed by atoms with van der Waals surface area (Å²) in [5, 5.41) is 11.4. The normalized spacial score (nSPS) is 19.1. The first-order chi connectivity index (χ1) is 14.1. The van der Waals surface area contributed by atoms with E-state index in [9.17, 15) is 0 Å². The second-order valence-corrected chi connectivity index (χ2v) is 7.79. The monoisotopic (exact) mass is 506 g/mol. The molecule has 1 fully saturated rings. The van der Waals surface area contributed by atoms with Gasteiger partial charge in [-0.3, -0.25) is 0 Å². The highest BCUT2D eigenvalue weighted by Crippen LogP contribution is 2.23. The van der Waals surface area contributed by atoms with Gasteiger partial charge in [0, 0.05) is 18.3 Å². The van der Waals surface area contributed by atoms with Crippen molar-refractivity contribution in [3.63, 3.8) is 0 Å². The summed E-state index contributed by atoms with van der Waals surface area (Å²) in [5.74, 6) is 2.28. The Morgan fingerprint density at radius 1 is 1.17 bits per heavy atom. The van der Waals surface area contributed by atoms with E-state index in [1.807, 2.05) is 13.0 Å². The van der Waals surface area contributed by atoms with E-state index in [1.165, 1.54) is 0 Å². The largest absolute Gasteiger partial charge is 0.480 e. The van der Waals surface area contributed by atoms with Gasteiger partial charge in [-0.25, -0.2) is 15.0 Å². The third-order valence-electron chi connectivity index (χ3n) is 4.19. The molecule has 1 saturated heterocycles. The van der Waals surface area contributed by atoms with Crippen LogP contribution in [-0.2, 0) is 4.74 Å². The summed E-state index contributed by atoms with van der Waals surface area (Å²) in [4.78, 5) is 19.6. The second-order valence-electron chi connectivity index (χ2n) is 6.40. The van der Waals surface area contributed by atoms with E-state index < -0.39 is 0 Å². The van der Waals surface area contributed by atoms with E-state index in [4.69, 9.17) is 9.47 Å². The highest BCUT2D eigenvalue weighted by atomic mass is 127. The third-order valence-corrected chi connectivity index (χ3v) is 4.88. The molecule has 2 atom stereocenters. The molecule has 0 aliphatic carbocycles. The fourth-order valence-electron chi connectivity index (χ4n) is 2.90. The Morgan fingerprint density at radius 2 is 2.07 bits per heavy atom. The molecule has 0 unspecified atom stereocenters. The van der Waals surface area contributed by atoms with Crippen molar-refractivity contribution in [3.05, 3.63) is 36.9 Å². The van der Waals surface area contributed by atoms with Gasteiger partial charge >= 0.3 is 0 Å². The second kappa shape index (κ2) is 8.78. The van der Waals surface area contributed by atoms with Crippen molar-refractivity contribution in [2.24, 2.45) is 0 Å². The standard InChI is InChI=1S/C18H19IN8O2/c1-11-9-27(10-14(19)29-11)18-20-4-3-15(25-18)24-16-5-12(6-23-26-16)13-7-22-17(28-2)8-21-13/h3-8,11,14H,9-10H2,1-2H3,(H,20,24,25,26)/t11-,14-/m1/s1. The molecule has 0 radical (unpaired) electrons. The van der Waals surface area contributed by atoms with Gasteiger partial charge in [0.1, 0.15) is 9.93 Å². The predicted octanol–water partition coefficient (Wildman–Crippen LogP) is 2.46. The topological polar surface area (TPSA) is 111 Å². The minimum atomic E-state index is 0.102. The van der Waals surface area contributed by atoms with Gasteiger partial charge in [0.2, 0.25) is 11.8 Å². The molecule has 0 saturated carbocycles. The predicted molar refractivity (Wildman–Crippen MR) is 115 cm³/mol. The van der Waals surface area contributed by atoms with Crippen LogP contribution in [0.25, 0.3) is 11.3 Å². The summed E-state index contributed by atoms with van der Waals surface area (Å²) in [6.07, 6.45) is 6.66. The molecule has 1 N–H and O–H groups in total. The van der Waals surface area contributed by atoms with Gasteiger partial charge in [0.05, 0.1) is 44.0 Å². The van der Waals surface area contributed by atoms with Crippen LogP contribution >= 0.6 is 22.6 Å². The maximum atomic E-state index is 5.77. The number of nitrogens with one attached hydrogen (secondary N) is 1. The van der Waals surface area contributed by atoms with Crippen LogP contribution < -0.4 is 15.0 Å². The quantitative estimate of drug-likeness (QED) is 0.409. The van der Waals surface area contributed by atoms with E-state index in [0.717, 1.165) is 18.7 Å². The highest BCUT2D eigenvalue weighted by molar-refractivity contribution is 14.1. The lowest BCUT2D eigenvalue weighted by Gasteiger charge is -2.34. The lowest BCUT2D eigenvalue weighted by molar-refractivity contribution is 0.0411. The first kappa shape index (κ1) is 19.6. The molecule has 1 aliphatic rings. The molecule has 29 heavy (non-hydrogen) atoms. The van der Waals surface area contributed by atoms with Crippen LogP contribution in [0.1, 0.15) is 6.92 Å². The Balaban J connectivity index is 1.52. The first-order valence-electron chi connectivity index (χ1n) is 8.94. The summed E-state index contributed by atoms with van der Waals surface area (Å²) in [5.41, 5.74) is 1.45. The van der Waals surface area contributed by atoms with Crippen LogP contribution in [0, 0.1) is 0 Å². The Hall–Kier alpha value is -2.67. The maximum Gasteiger partial charge on any atom is 0.232 e. The zero-order valence-corrected chi connectivity index (χ0v) is 18.0. The number of hydrogen-bond acceptors (Lipinski definition) is 10. The molecule has 0 aromatic carbocycles. The van der Waals surface area contributed by atoms with Gasteiger partial charge in [-0.05, 0) is 41.6 Å². The summed E-state index contributed by atoms with van der Waals surface area (Å²) in [6.45, 7) is 3.53. The van der Waals surface area contributed by atoms with Crippen molar-refractivity contribution in [1.29, 1.82) is 0 Å². The zero-order valence-electron chi connectivity index (χ0n) is 15.9. The molecule has 4 rings (SSSR count). The number of hydrogen-bond donors (Lipinski definition) is 1. The van der Waals surface area contributed by atoms with Crippen LogP contribution in [0.2, 0.25) is 0 Å². The maximum absolute atomic E-state index is 5.77. The highest BCUT2D eigenvalue weighted by Gasteiger charge is 2.25. The number of rotatable bonds is 5. The number of alkyl halides is 1. The molecule has 150 valence electrons. The Labute approximate surface area is 181 Å². The van der Waals surface area contributed by atoms with Gasteiger partial charge in [-0.2, -0.15) is 10.1 Å². The van der Waals surface area contributed by atoms with Gasteiger partial charge in [0.25, 0.3) is 0 Å². The van der Waals surface area contributed by atoms with E-state index in [0.29, 0.717) is 29.2 Å². The van der Waals surface area contributed by atoms with E-state index in [1.54, 1.807) is 38.0 Å². The summed E-state index contributed by atoms with van der Waals surface area (Å²) in [7, 11) is 1.55. The van der Waals surface area contributed by atoms with Gasteiger partial charge in [-0.1, -0.05) is 0 Å². The molecule has 3 aromatic heterocycles. The Bertz CT molecular complexity index is 964. The fourth-order valence-corrected chi connectivity index (χ4v) is 3.88. The zero-order chi connectivity index (χ0) is 20.2. The van der Waals surface area contributed by atoms with Gasteiger partial charge < -0.3 is 19.7 Å². The first-order valence-corrected chi connectivity index (χ1v) is 10.2. The summed E-state index contributed by atoms with van der Waals surface area (Å²) < 4.78 is 10.9. The summed E-state index contributed by atoms with van der Waals surface area (Å²) >= 11 is 2.28. The molecule has 1 aliphatic heterocycles. The fraction of sp³-hybridized carbons (Fsp3) is 0.333. The average Bonchev–Trinajstić information content (AvgIpc) is 2.73. The molecule has 3 aromatic rings. The van der Waals surface area contributed by atoms with Gasteiger partial charge in [0.15, 0.2) is 5.82 Å². The number of ether oxygens (including phenoxy) is 2. The third kappa shape index (κ3) is 4.85. The van der Waals surface area contributed by atoms with Crippen molar-refractivity contribution >= 4 is 40.2 Å². The average molecular weight is 506 g/mol. The molecule has 4 heterocycles. The van der Waals surface area contributed by atoms with Crippen LogP contribution in [0.3, 0.4) is 0 Å². The van der Waals surface area contributed by atoms with E-state index in [2.05, 4.69) is 62.9 Å². The van der Waals surface area contributed by atoms with Crippen LogP contribution in [0.5, 0.6) is 5.88 Å². The number of morpholine rings is 1. The lowest BCUT2D eigenvalue weighted by Crippen LogP contribution is -2.45. The van der Waals surface area contributed by atoms with E-state index >= 15 is 0 Å². The number of nitrogens with zero attached hydrogens (tertiary/aromatic N) is 7. The van der Waals surface area contributed by atoms with Crippen molar-refractivity contribution < 1.29 is 9.47 Å². The molecule has 0 bridgehead atoms. The lowest BCUT2D eigenvalue weighted by atomic mass is 10.2. The van der Waals surface area contributed by atoms with Crippen LogP contribution in [0.15, 0.2) is 36.9 Å². The molecule has 11 heteroatoms. The number of methoxy groups -OCH3 is 1. The van der Waals surface area contributed by atoms with Gasteiger partial charge in [-0.15, -0.1) is 5.10 Å². The van der Waals surface area contributed by atoms with Crippen LogP contribution in [-0.4, -0.2) is 60.5 Å². The minimum absolute atomic E-state index is 0.102. The molecular formula is C18H19IN8O2. The van der Waals surface area contributed by atoms with Crippen molar-refractivity contribution in [2.45, 2.75) is 17.1 Å². The molecule has 10 nitrogen and oxygen atoms in total. The Morgan fingerprint density at radius 3 is 2.83 bits per heavy atom. The summed E-state index contributed by atoms with van der Waals surface area (Å²) in [6, 6.07) is 3.62. The van der Waals surface area contributed by atoms with E-state index in [-0.39, 0.29) is 10.2 Å². The minimum Gasteiger partial charge on any atom is -0.480 e. The number of halogens is 1. The van der Waals surface area contributed by atoms with Crippen LogP contribution in [0.4, 0.5) is 17.6 Å². The number of anilines is 3. The SMILES string of the molecule is COc1cnc(-c2cnnc(Nc3ccnc(N4C[C@@H](C)O[C@@H](I)C4)n3)c2)cn1. The number of aromatic nitrogens is 6. The molecular weight excluding hydrogens is 487 g/mol. The molecule has 0 spiro atoms. The van der Waals surface area contributed by atoms with Crippen molar-refractivity contribution in [2.75, 3.05) is 30.4 Å².